The molecule has 2 N–H and O–H groups in total. The van der Waals surface area contributed by atoms with Gasteiger partial charge in [0.25, 0.3) is 0 Å². The van der Waals surface area contributed by atoms with Crippen molar-refractivity contribution in [2.24, 2.45) is 0 Å². The van der Waals surface area contributed by atoms with Gasteiger partial charge in [0.15, 0.2) is 0 Å². The third-order valence-corrected chi connectivity index (χ3v) is 4.19. The summed E-state index contributed by atoms with van der Waals surface area (Å²) in [4.78, 5) is 0. The first-order chi connectivity index (χ1) is 9.67. The third kappa shape index (κ3) is 2.04. The zero-order valence-electron chi connectivity index (χ0n) is 11.4. The Kier molecular flexibility index (Phi) is 3.14. The molecule has 0 spiro atoms. The maximum absolute atomic E-state index is 10.7. The largest absolute Gasteiger partial charge is 0.508 e. The summed E-state index contributed by atoms with van der Waals surface area (Å²) >= 11 is 0. The van der Waals surface area contributed by atoms with Crippen molar-refractivity contribution in [3.63, 3.8) is 0 Å². The maximum Gasteiger partial charge on any atom is 0.121 e. The molecule has 20 heavy (non-hydrogen) atoms. The number of hydrogen-bond donors (Lipinski definition) is 2. The van der Waals surface area contributed by atoms with E-state index < -0.39 is 6.10 Å². The Morgan fingerprint density at radius 3 is 2.50 bits per heavy atom. The van der Waals surface area contributed by atoms with E-state index in [2.05, 4.69) is 0 Å². The minimum absolute atomic E-state index is 0.147. The maximum atomic E-state index is 10.7. The molecule has 2 aromatic rings. The van der Waals surface area contributed by atoms with Gasteiger partial charge in [0, 0.05) is 11.0 Å². The number of phenolic OH excluding ortho intramolecular Hbond substituents is 1. The van der Waals surface area contributed by atoms with Crippen molar-refractivity contribution in [1.82, 2.24) is 0 Å². The third-order valence-electron chi connectivity index (χ3n) is 4.19. The molecule has 0 aromatic heterocycles. The van der Waals surface area contributed by atoms with Gasteiger partial charge < -0.3 is 14.9 Å². The van der Waals surface area contributed by atoms with Crippen LogP contribution in [0.25, 0.3) is 0 Å². The van der Waals surface area contributed by atoms with E-state index >= 15 is 0 Å². The van der Waals surface area contributed by atoms with E-state index in [1.54, 1.807) is 25.3 Å². The van der Waals surface area contributed by atoms with Crippen LogP contribution >= 0.6 is 0 Å². The van der Waals surface area contributed by atoms with Gasteiger partial charge in [0.2, 0.25) is 0 Å². The number of phenols is 1. The van der Waals surface area contributed by atoms with Crippen LogP contribution in [0.5, 0.6) is 11.5 Å². The molecule has 2 aromatic carbocycles. The molecule has 1 atom stereocenters. The lowest BCUT2D eigenvalue weighted by Gasteiger charge is -2.24. The van der Waals surface area contributed by atoms with Crippen LogP contribution in [0.1, 0.15) is 30.1 Å². The van der Waals surface area contributed by atoms with E-state index in [0.29, 0.717) is 5.56 Å². The number of aliphatic hydroxyl groups is 1. The van der Waals surface area contributed by atoms with Crippen molar-refractivity contribution in [1.29, 1.82) is 0 Å². The Morgan fingerprint density at radius 1 is 1.10 bits per heavy atom. The second-order valence-electron chi connectivity index (χ2n) is 5.35. The Morgan fingerprint density at radius 2 is 1.85 bits per heavy atom. The average molecular weight is 270 g/mol. The van der Waals surface area contributed by atoms with Crippen molar-refractivity contribution < 1.29 is 14.9 Å². The molecular weight excluding hydrogens is 252 g/mol. The molecule has 3 nitrogen and oxygen atoms in total. The zero-order valence-corrected chi connectivity index (χ0v) is 11.4. The molecule has 104 valence electrons. The summed E-state index contributed by atoms with van der Waals surface area (Å²) in [6, 6.07) is 14.8. The normalized spacial score (nSPS) is 17.5. The standard InChI is InChI=1S/C17H18O3/c1-20-13-6-4-5-12(11-13)17(9-10-17)16(19)14-7-2-3-8-15(14)18/h2-8,11,16,18-19H,9-10H2,1H3. The van der Waals surface area contributed by atoms with Crippen LogP contribution in [0, 0.1) is 0 Å². The molecule has 0 aliphatic heterocycles. The van der Waals surface area contributed by atoms with E-state index in [4.69, 9.17) is 4.74 Å². The smallest absolute Gasteiger partial charge is 0.121 e. The van der Waals surface area contributed by atoms with Crippen LogP contribution < -0.4 is 4.74 Å². The molecule has 3 rings (SSSR count). The zero-order chi connectivity index (χ0) is 14.2. The molecule has 3 heteroatoms. The minimum Gasteiger partial charge on any atom is -0.508 e. The predicted octanol–water partition coefficient (Wildman–Crippen LogP) is 3.17. The molecule has 1 aliphatic carbocycles. The molecule has 1 fully saturated rings. The molecule has 0 saturated heterocycles. The lowest BCUT2D eigenvalue weighted by atomic mass is 9.85. The summed E-state index contributed by atoms with van der Waals surface area (Å²) in [5, 5.41) is 20.6. The fourth-order valence-electron chi connectivity index (χ4n) is 2.80. The van der Waals surface area contributed by atoms with Crippen molar-refractivity contribution in [3.8, 4) is 11.5 Å². The number of rotatable bonds is 4. The first kappa shape index (κ1) is 13.0. The minimum atomic E-state index is -0.698. The van der Waals surface area contributed by atoms with Gasteiger partial charge in [-0.15, -0.1) is 0 Å². The van der Waals surface area contributed by atoms with Gasteiger partial charge in [0.05, 0.1) is 13.2 Å². The topological polar surface area (TPSA) is 49.7 Å². The Labute approximate surface area is 118 Å². The second kappa shape index (κ2) is 4.84. The van der Waals surface area contributed by atoms with E-state index in [1.807, 2.05) is 30.3 Å². The van der Waals surface area contributed by atoms with Crippen LogP contribution in [0.15, 0.2) is 48.5 Å². The van der Waals surface area contributed by atoms with E-state index in [9.17, 15) is 10.2 Å². The van der Waals surface area contributed by atoms with Gasteiger partial charge in [-0.3, -0.25) is 0 Å². The van der Waals surface area contributed by atoms with E-state index in [1.165, 1.54) is 0 Å². The second-order valence-corrected chi connectivity index (χ2v) is 5.35. The number of aromatic hydroxyl groups is 1. The Balaban J connectivity index is 1.98. The fraction of sp³-hybridized carbons (Fsp3) is 0.294. The Bertz CT molecular complexity index is 617. The van der Waals surface area contributed by atoms with Crippen LogP contribution in [0.2, 0.25) is 0 Å². The average Bonchev–Trinajstić information content (AvgIpc) is 3.29. The Hall–Kier alpha value is -2.00. The first-order valence-corrected chi connectivity index (χ1v) is 6.78. The number of para-hydroxylation sites is 1. The van der Waals surface area contributed by atoms with Gasteiger partial charge >= 0.3 is 0 Å². The highest BCUT2D eigenvalue weighted by Gasteiger charge is 2.51. The summed E-state index contributed by atoms with van der Waals surface area (Å²) in [6.45, 7) is 0. The quantitative estimate of drug-likeness (QED) is 0.897. The lowest BCUT2D eigenvalue weighted by molar-refractivity contribution is 0.130. The molecule has 0 bridgehead atoms. The summed E-state index contributed by atoms with van der Waals surface area (Å²) in [5.74, 6) is 0.937. The molecule has 0 amide bonds. The number of benzene rings is 2. The van der Waals surface area contributed by atoms with E-state index in [-0.39, 0.29) is 11.2 Å². The van der Waals surface area contributed by atoms with Crippen molar-refractivity contribution in [2.45, 2.75) is 24.4 Å². The number of methoxy groups -OCH3 is 1. The summed E-state index contributed by atoms with van der Waals surface area (Å²) in [5.41, 5.74) is 1.35. The highest BCUT2D eigenvalue weighted by atomic mass is 16.5. The number of ether oxygens (including phenoxy) is 1. The molecular formula is C17H18O3. The van der Waals surface area contributed by atoms with Crippen molar-refractivity contribution in [3.05, 3.63) is 59.7 Å². The molecule has 1 aliphatic rings. The van der Waals surface area contributed by atoms with Crippen LogP contribution in [-0.4, -0.2) is 17.3 Å². The highest BCUT2D eigenvalue weighted by molar-refractivity contribution is 5.44. The van der Waals surface area contributed by atoms with Gasteiger partial charge in [-0.25, -0.2) is 0 Å². The molecule has 1 unspecified atom stereocenters. The summed E-state index contributed by atoms with van der Waals surface area (Å²) < 4.78 is 5.26. The van der Waals surface area contributed by atoms with Gasteiger partial charge in [0.1, 0.15) is 11.5 Å². The van der Waals surface area contributed by atoms with Crippen molar-refractivity contribution in [2.75, 3.05) is 7.11 Å². The van der Waals surface area contributed by atoms with Crippen LogP contribution in [0.3, 0.4) is 0 Å². The fourth-order valence-corrected chi connectivity index (χ4v) is 2.80. The summed E-state index contributed by atoms with van der Waals surface area (Å²) in [6.07, 6.45) is 1.13. The SMILES string of the molecule is COc1cccc(C2(C(O)c3ccccc3O)CC2)c1. The lowest BCUT2D eigenvalue weighted by Crippen LogP contribution is -2.18. The van der Waals surface area contributed by atoms with Gasteiger partial charge in [-0.2, -0.15) is 0 Å². The van der Waals surface area contributed by atoms with Crippen LogP contribution in [0.4, 0.5) is 0 Å². The predicted molar refractivity (Wildman–Crippen MR) is 77.0 cm³/mol. The molecule has 1 saturated carbocycles. The molecule has 0 radical (unpaired) electrons. The van der Waals surface area contributed by atoms with Gasteiger partial charge in [-0.1, -0.05) is 30.3 Å². The van der Waals surface area contributed by atoms with Crippen molar-refractivity contribution >= 4 is 0 Å². The number of hydrogen-bond acceptors (Lipinski definition) is 3. The molecule has 0 heterocycles. The monoisotopic (exact) mass is 270 g/mol. The number of aliphatic hydroxyl groups excluding tert-OH is 1. The highest BCUT2D eigenvalue weighted by Crippen LogP contribution is 2.57. The summed E-state index contributed by atoms with van der Waals surface area (Å²) in [7, 11) is 1.64. The van der Waals surface area contributed by atoms with E-state index in [0.717, 1.165) is 24.2 Å². The van der Waals surface area contributed by atoms with Crippen LogP contribution in [-0.2, 0) is 5.41 Å². The van der Waals surface area contributed by atoms with Gasteiger partial charge in [-0.05, 0) is 36.6 Å². The first-order valence-electron chi connectivity index (χ1n) is 6.78.